The average Bonchev–Trinajstić information content (AvgIpc) is 3.64. The number of para-hydroxylation sites is 1. The number of carbonyl (C=O) groups excluding carboxylic acids is 3. The van der Waals surface area contributed by atoms with Crippen LogP contribution in [0.5, 0.6) is 11.5 Å². The molecule has 1 aliphatic carbocycles. The van der Waals surface area contributed by atoms with E-state index >= 15 is 0 Å². The van der Waals surface area contributed by atoms with E-state index in [0.717, 1.165) is 18.4 Å². The Kier molecular flexibility index (Phi) is 8.05. The zero-order valence-electron chi connectivity index (χ0n) is 21.8. The maximum atomic E-state index is 14.2. The first-order chi connectivity index (χ1) is 18.9. The maximum absolute atomic E-state index is 14.2. The van der Waals surface area contributed by atoms with Crippen molar-refractivity contribution in [3.8, 4) is 11.5 Å². The van der Waals surface area contributed by atoms with Crippen LogP contribution in [0, 0.1) is 0 Å². The number of aliphatic hydroxyl groups excluding tert-OH is 1. The van der Waals surface area contributed by atoms with E-state index in [1.165, 1.54) is 0 Å². The van der Waals surface area contributed by atoms with Crippen LogP contribution in [0.25, 0.3) is 0 Å². The monoisotopic (exact) mass is 528 g/mol. The van der Waals surface area contributed by atoms with Crippen LogP contribution in [-0.2, 0) is 16.0 Å². The van der Waals surface area contributed by atoms with Crippen molar-refractivity contribution in [1.29, 1.82) is 0 Å². The number of likely N-dealkylation sites (tertiary alicyclic amines) is 1. The lowest BCUT2D eigenvalue weighted by Gasteiger charge is -2.37. The molecule has 3 aromatic carbocycles. The Morgan fingerprint density at radius 2 is 1.51 bits per heavy atom. The van der Waals surface area contributed by atoms with Crippen molar-refractivity contribution in [2.24, 2.45) is 0 Å². The van der Waals surface area contributed by atoms with E-state index in [1.54, 1.807) is 24.3 Å². The molecule has 1 saturated carbocycles. The van der Waals surface area contributed by atoms with E-state index < -0.39 is 24.1 Å². The fourth-order valence-corrected chi connectivity index (χ4v) is 5.14. The molecule has 2 fully saturated rings. The van der Waals surface area contributed by atoms with Crippen molar-refractivity contribution in [2.45, 2.75) is 50.4 Å². The highest BCUT2D eigenvalue weighted by molar-refractivity contribution is 5.97. The molecular formula is C31H34N3O5+. The van der Waals surface area contributed by atoms with Crippen LogP contribution in [0.2, 0.25) is 0 Å². The van der Waals surface area contributed by atoms with Crippen molar-refractivity contribution in [2.75, 3.05) is 13.1 Å². The summed E-state index contributed by atoms with van der Waals surface area (Å²) in [7, 11) is 0. The summed E-state index contributed by atoms with van der Waals surface area (Å²) in [5, 5.41) is 16.9. The number of quaternary nitrogens is 1. The smallest absolute Gasteiger partial charge is 0.339 e. The van der Waals surface area contributed by atoms with Gasteiger partial charge in [-0.1, -0.05) is 54.6 Å². The summed E-state index contributed by atoms with van der Waals surface area (Å²) in [6.45, 7) is 0.694. The molecule has 0 aromatic heterocycles. The van der Waals surface area contributed by atoms with Crippen LogP contribution in [0.3, 0.4) is 0 Å². The Morgan fingerprint density at radius 1 is 0.872 bits per heavy atom. The molecule has 2 atom stereocenters. The predicted molar refractivity (Wildman–Crippen MR) is 146 cm³/mol. The molecule has 1 heterocycles. The molecule has 1 saturated heterocycles. The van der Waals surface area contributed by atoms with Gasteiger partial charge < -0.3 is 20.5 Å². The molecule has 202 valence electrons. The third kappa shape index (κ3) is 6.35. The Morgan fingerprint density at radius 3 is 2.18 bits per heavy atom. The van der Waals surface area contributed by atoms with Gasteiger partial charge in [0.1, 0.15) is 17.5 Å². The molecule has 3 amide bonds. The lowest BCUT2D eigenvalue weighted by atomic mass is 10.0. The van der Waals surface area contributed by atoms with E-state index in [0.29, 0.717) is 43.0 Å². The van der Waals surface area contributed by atoms with Gasteiger partial charge in [-0.25, -0.2) is 9.28 Å². The number of aliphatic hydroxyl groups is 1. The number of nitrogens with one attached hydrogen (secondary N) is 2. The number of nitrogens with zero attached hydrogens (tertiary/aromatic N) is 1. The van der Waals surface area contributed by atoms with E-state index in [2.05, 4.69) is 10.6 Å². The summed E-state index contributed by atoms with van der Waals surface area (Å²) < 4.78 is 5.50. The normalized spacial score (nSPS) is 17.6. The summed E-state index contributed by atoms with van der Waals surface area (Å²) in [6, 6.07) is 24.6. The molecule has 5 rings (SSSR count). The van der Waals surface area contributed by atoms with E-state index in [-0.39, 0.29) is 22.9 Å². The van der Waals surface area contributed by atoms with Gasteiger partial charge in [-0.05, 0) is 48.7 Å². The SMILES string of the molecule is O=C(NC(Cc1ccccc1)C(=O)[N+]1(C(O)C(=O)NC2CC2)CCCC1)c1cccc(Oc2ccccc2)c1. The number of carbonyl (C=O) groups is 3. The predicted octanol–water partition coefficient (Wildman–Crippen LogP) is 3.55. The average molecular weight is 529 g/mol. The fourth-order valence-electron chi connectivity index (χ4n) is 5.14. The maximum Gasteiger partial charge on any atom is 0.339 e. The Hall–Kier alpha value is -4.01. The first-order valence-corrected chi connectivity index (χ1v) is 13.5. The first-order valence-electron chi connectivity index (χ1n) is 13.5. The quantitative estimate of drug-likeness (QED) is 0.349. The van der Waals surface area contributed by atoms with Gasteiger partial charge in [-0.15, -0.1) is 0 Å². The lowest BCUT2D eigenvalue weighted by molar-refractivity contribution is -0.881. The van der Waals surface area contributed by atoms with E-state index in [1.807, 2.05) is 60.7 Å². The van der Waals surface area contributed by atoms with Gasteiger partial charge in [0.05, 0.1) is 13.1 Å². The van der Waals surface area contributed by atoms with Crippen molar-refractivity contribution < 1.29 is 28.7 Å². The highest BCUT2D eigenvalue weighted by Crippen LogP contribution is 2.28. The Bertz CT molecular complexity index is 1300. The number of hydrogen-bond donors (Lipinski definition) is 3. The van der Waals surface area contributed by atoms with Crippen molar-refractivity contribution >= 4 is 17.7 Å². The lowest BCUT2D eigenvalue weighted by Crippen LogP contribution is -2.67. The summed E-state index contributed by atoms with van der Waals surface area (Å²) >= 11 is 0. The van der Waals surface area contributed by atoms with Gasteiger partial charge in [0.15, 0.2) is 0 Å². The molecule has 8 nitrogen and oxygen atoms in total. The molecule has 1 aliphatic heterocycles. The van der Waals surface area contributed by atoms with Crippen LogP contribution < -0.4 is 15.4 Å². The highest BCUT2D eigenvalue weighted by atomic mass is 16.5. The number of amides is 3. The molecule has 0 radical (unpaired) electrons. The van der Waals surface area contributed by atoms with Gasteiger partial charge in [0.25, 0.3) is 12.1 Å². The van der Waals surface area contributed by atoms with Crippen LogP contribution in [0.15, 0.2) is 84.9 Å². The van der Waals surface area contributed by atoms with Crippen LogP contribution >= 0.6 is 0 Å². The third-order valence-corrected chi connectivity index (χ3v) is 7.39. The number of rotatable bonds is 10. The number of hydrogen-bond acceptors (Lipinski definition) is 5. The van der Waals surface area contributed by atoms with Gasteiger partial charge in [0, 0.05) is 30.9 Å². The van der Waals surface area contributed by atoms with Gasteiger partial charge in [0.2, 0.25) is 0 Å². The zero-order valence-corrected chi connectivity index (χ0v) is 21.8. The number of ether oxygens (including phenoxy) is 1. The Balaban J connectivity index is 1.39. The summed E-state index contributed by atoms with van der Waals surface area (Å²) in [4.78, 5) is 40.5. The summed E-state index contributed by atoms with van der Waals surface area (Å²) in [6.07, 6.45) is 1.91. The van der Waals surface area contributed by atoms with Crippen molar-refractivity contribution in [3.05, 3.63) is 96.1 Å². The van der Waals surface area contributed by atoms with E-state index in [4.69, 9.17) is 4.74 Å². The van der Waals surface area contributed by atoms with E-state index in [9.17, 15) is 19.5 Å². The Labute approximate surface area is 228 Å². The van der Waals surface area contributed by atoms with Crippen LogP contribution in [0.4, 0.5) is 0 Å². The standard InChI is InChI=1S/C31H33N3O5/c35-28(23-12-9-15-26(21-23)39-25-13-5-2-6-14-25)33-27(20-22-10-3-1-4-11-22)30(37)34(18-7-8-19-34)31(38)29(36)32-24-16-17-24/h1-6,9-15,21,24,27,31,38H,7-8,16-20H2,(H-,32,33,35,36)/p+1. The molecule has 0 spiro atoms. The molecule has 39 heavy (non-hydrogen) atoms. The second-order valence-corrected chi connectivity index (χ2v) is 10.3. The molecular weight excluding hydrogens is 494 g/mol. The minimum absolute atomic E-state index is 0.0649. The minimum Gasteiger partial charge on any atom is -0.457 e. The fraction of sp³-hybridized carbons (Fsp3) is 0.323. The second-order valence-electron chi connectivity index (χ2n) is 10.3. The molecule has 3 aromatic rings. The van der Waals surface area contributed by atoms with Gasteiger partial charge >= 0.3 is 11.8 Å². The second kappa shape index (κ2) is 11.8. The molecule has 0 bridgehead atoms. The minimum atomic E-state index is -1.52. The summed E-state index contributed by atoms with van der Waals surface area (Å²) in [5.41, 5.74) is 1.21. The van der Waals surface area contributed by atoms with Crippen molar-refractivity contribution in [1.82, 2.24) is 10.6 Å². The van der Waals surface area contributed by atoms with Crippen LogP contribution in [0.1, 0.15) is 41.6 Å². The first kappa shape index (κ1) is 26.6. The topological polar surface area (TPSA) is 105 Å². The summed E-state index contributed by atoms with van der Waals surface area (Å²) in [5.74, 6) is -0.179. The number of benzene rings is 3. The van der Waals surface area contributed by atoms with Gasteiger partial charge in [-0.2, -0.15) is 0 Å². The van der Waals surface area contributed by atoms with Crippen LogP contribution in [-0.4, -0.2) is 58.7 Å². The zero-order chi connectivity index (χ0) is 27.2. The largest absolute Gasteiger partial charge is 0.457 e. The highest BCUT2D eigenvalue weighted by Gasteiger charge is 2.52. The molecule has 8 heteroatoms. The third-order valence-electron chi connectivity index (χ3n) is 7.39. The molecule has 2 aliphatic rings. The molecule has 2 unspecified atom stereocenters. The molecule has 3 N–H and O–H groups in total. The van der Waals surface area contributed by atoms with Crippen molar-refractivity contribution in [3.63, 3.8) is 0 Å². The van der Waals surface area contributed by atoms with Gasteiger partial charge in [-0.3, -0.25) is 9.59 Å².